The minimum absolute atomic E-state index is 0.306. The molecule has 1 amide bonds. The zero-order valence-corrected chi connectivity index (χ0v) is 26.7. The summed E-state index contributed by atoms with van der Waals surface area (Å²) in [4.78, 5) is 16.9. The number of pyridine rings is 1. The van der Waals surface area contributed by atoms with Crippen LogP contribution >= 0.6 is 0 Å². The number of nitrogens with one attached hydrogen (secondary N) is 1. The molecule has 0 aliphatic heterocycles. The SMILES string of the molecule is CCCC(Cc1cn(-c2ccc(C(C)C)cc2)c2cnc(-c3c(CC)cccc3CC)cc12)CC1(NC(=O)O)CCCC1. The van der Waals surface area contributed by atoms with Crippen molar-refractivity contribution in [2.75, 3.05) is 0 Å². The number of rotatable bonds is 12. The zero-order chi connectivity index (χ0) is 30.6. The van der Waals surface area contributed by atoms with Crippen LogP contribution in [0.25, 0.3) is 27.8 Å². The molecule has 2 aromatic carbocycles. The van der Waals surface area contributed by atoms with Gasteiger partial charge in [-0.15, -0.1) is 0 Å². The summed E-state index contributed by atoms with van der Waals surface area (Å²) in [5, 5.41) is 13.9. The second kappa shape index (κ2) is 13.4. The van der Waals surface area contributed by atoms with Crippen LogP contribution in [0.2, 0.25) is 0 Å². The van der Waals surface area contributed by atoms with Gasteiger partial charge in [-0.1, -0.05) is 90.6 Å². The Morgan fingerprint density at radius 2 is 1.67 bits per heavy atom. The third kappa shape index (κ3) is 6.66. The highest BCUT2D eigenvalue weighted by Crippen LogP contribution is 2.39. The highest BCUT2D eigenvalue weighted by molar-refractivity contribution is 5.89. The topological polar surface area (TPSA) is 67.2 Å². The van der Waals surface area contributed by atoms with Crippen molar-refractivity contribution in [1.82, 2.24) is 14.9 Å². The number of fused-ring (bicyclic) bond motifs is 1. The molecule has 43 heavy (non-hydrogen) atoms. The zero-order valence-electron chi connectivity index (χ0n) is 26.7. The van der Waals surface area contributed by atoms with Gasteiger partial charge in [0.25, 0.3) is 0 Å². The lowest BCUT2D eigenvalue weighted by atomic mass is 9.81. The van der Waals surface area contributed by atoms with Crippen LogP contribution in [0.3, 0.4) is 0 Å². The molecule has 2 N–H and O–H groups in total. The van der Waals surface area contributed by atoms with Crippen LogP contribution in [0, 0.1) is 5.92 Å². The molecule has 1 fully saturated rings. The molecule has 1 aliphatic carbocycles. The smallest absolute Gasteiger partial charge is 0.405 e. The lowest BCUT2D eigenvalue weighted by molar-refractivity contribution is 0.167. The molecule has 0 radical (unpaired) electrons. The fourth-order valence-corrected chi connectivity index (χ4v) is 7.50. The maximum absolute atomic E-state index is 11.8. The minimum Gasteiger partial charge on any atom is -0.465 e. The number of nitrogens with zero attached hydrogens (tertiary/aromatic N) is 2. The first-order valence-corrected chi connectivity index (χ1v) is 16.5. The Labute approximate surface area is 257 Å². The van der Waals surface area contributed by atoms with Crippen LogP contribution in [0.1, 0.15) is 108 Å². The molecule has 1 aliphatic rings. The second-order valence-electron chi connectivity index (χ2n) is 13.0. The van der Waals surface area contributed by atoms with Gasteiger partial charge in [0.15, 0.2) is 0 Å². The quantitative estimate of drug-likeness (QED) is 0.175. The van der Waals surface area contributed by atoms with Crippen molar-refractivity contribution in [2.45, 2.75) is 110 Å². The summed E-state index contributed by atoms with van der Waals surface area (Å²) < 4.78 is 2.31. The standard InChI is InChI=1S/C38H49N3O2/c1-6-12-27(23-38(40-37(42)43)19-9-10-20-38)21-31-25-41(32-17-15-30(16-18-32)26(4)5)35-24-39-34(22-33(31)35)36-28(7-2)13-11-14-29(36)8-3/h11,13-18,22,24-27,40H,6-10,12,19-21,23H2,1-5H3,(H,42,43). The van der Waals surface area contributed by atoms with Crippen LogP contribution < -0.4 is 5.32 Å². The lowest BCUT2D eigenvalue weighted by Crippen LogP contribution is -2.47. The van der Waals surface area contributed by atoms with Crippen LogP contribution in [0.5, 0.6) is 0 Å². The van der Waals surface area contributed by atoms with E-state index in [1.807, 2.05) is 0 Å². The van der Waals surface area contributed by atoms with Gasteiger partial charge in [0.1, 0.15) is 0 Å². The average Bonchev–Trinajstić information content (AvgIpc) is 3.60. The maximum atomic E-state index is 11.8. The molecule has 0 spiro atoms. The summed E-state index contributed by atoms with van der Waals surface area (Å²) in [7, 11) is 0. The number of carboxylic acid groups (broad SMARTS) is 1. The largest absolute Gasteiger partial charge is 0.465 e. The molecule has 2 aromatic heterocycles. The molecule has 5 nitrogen and oxygen atoms in total. The van der Waals surface area contributed by atoms with Crippen molar-refractivity contribution >= 4 is 17.0 Å². The Hall–Kier alpha value is -3.60. The maximum Gasteiger partial charge on any atom is 0.405 e. The highest BCUT2D eigenvalue weighted by Gasteiger charge is 2.37. The minimum atomic E-state index is -0.893. The molecule has 0 saturated heterocycles. The predicted octanol–water partition coefficient (Wildman–Crippen LogP) is 9.87. The number of hydrogen-bond donors (Lipinski definition) is 2. The Kier molecular flexibility index (Phi) is 9.59. The summed E-state index contributed by atoms with van der Waals surface area (Å²) in [5.41, 5.74) is 9.60. The van der Waals surface area contributed by atoms with E-state index in [4.69, 9.17) is 4.98 Å². The summed E-state index contributed by atoms with van der Waals surface area (Å²) in [6.07, 6.45) is 13.5. The van der Waals surface area contributed by atoms with E-state index in [9.17, 15) is 9.90 Å². The lowest BCUT2D eigenvalue weighted by Gasteiger charge is -2.33. The number of aryl methyl sites for hydroxylation is 2. The van der Waals surface area contributed by atoms with Crippen LogP contribution in [-0.2, 0) is 19.3 Å². The number of benzene rings is 2. The van der Waals surface area contributed by atoms with E-state index in [2.05, 4.69) is 105 Å². The van der Waals surface area contributed by atoms with E-state index in [1.165, 1.54) is 33.2 Å². The van der Waals surface area contributed by atoms with Gasteiger partial charge < -0.3 is 15.0 Å². The van der Waals surface area contributed by atoms with E-state index < -0.39 is 6.09 Å². The Bertz CT molecular complexity index is 1520. The van der Waals surface area contributed by atoms with E-state index in [1.54, 1.807) is 0 Å². The van der Waals surface area contributed by atoms with Gasteiger partial charge in [-0.25, -0.2) is 4.79 Å². The first kappa shape index (κ1) is 30.8. The van der Waals surface area contributed by atoms with Crippen molar-refractivity contribution < 1.29 is 9.90 Å². The fourth-order valence-electron chi connectivity index (χ4n) is 7.50. The molecule has 5 heteroatoms. The third-order valence-corrected chi connectivity index (χ3v) is 9.68. The summed E-state index contributed by atoms with van der Waals surface area (Å²) in [6.45, 7) is 11.1. The van der Waals surface area contributed by atoms with Crippen molar-refractivity contribution in [3.8, 4) is 16.9 Å². The summed E-state index contributed by atoms with van der Waals surface area (Å²) in [6, 6.07) is 17.9. The van der Waals surface area contributed by atoms with E-state index >= 15 is 0 Å². The van der Waals surface area contributed by atoms with Crippen molar-refractivity contribution in [1.29, 1.82) is 0 Å². The van der Waals surface area contributed by atoms with Crippen LogP contribution in [0.15, 0.2) is 60.9 Å². The molecular formula is C38H49N3O2. The molecule has 1 unspecified atom stereocenters. The number of amides is 1. The molecule has 5 rings (SSSR count). The van der Waals surface area contributed by atoms with Gasteiger partial charge in [0, 0.05) is 28.4 Å². The van der Waals surface area contributed by atoms with Gasteiger partial charge >= 0.3 is 6.09 Å². The van der Waals surface area contributed by atoms with Crippen molar-refractivity contribution in [3.63, 3.8) is 0 Å². The Balaban J connectivity index is 1.62. The second-order valence-corrected chi connectivity index (χ2v) is 13.0. The molecule has 1 atom stereocenters. The fraction of sp³-hybridized carbons (Fsp3) is 0.474. The molecule has 2 heterocycles. The number of aromatic nitrogens is 2. The number of carbonyl (C=O) groups is 1. The van der Waals surface area contributed by atoms with Gasteiger partial charge in [-0.2, -0.15) is 0 Å². The normalized spacial score (nSPS) is 15.3. The first-order valence-electron chi connectivity index (χ1n) is 16.5. The monoisotopic (exact) mass is 579 g/mol. The Morgan fingerprint density at radius 1 is 1.00 bits per heavy atom. The molecule has 1 saturated carbocycles. The van der Waals surface area contributed by atoms with E-state index in [0.29, 0.717) is 11.8 Å². The van der Waals surface area contributed by atoms with Gasteiger partial charge in [-0.05, 0) is 90.8 Å². The summed E-state index contributed by atoms with van der Waals surface area (Å²) in [5.74, 6) is 0.877. The molecule has 4 aromatic rings. The Morgan fingerprint density at radius 3 is 2.26 bits per heavy atom. The van der Waals surface area contributed by atoms with Crippen LogP contribution in [-0.4, -0.2) is 26.3 Å². The van der Waals surface area contributed by atoms with Crippen LogP contribution in [0.4, 0.5) is 4.79 Å². The average molecular weight is 580 g/mol. The molecular weight excluding hydrogens is 530 g/mol. The van der Waals surface area contributed by atoms with Crippen molar-refractivity contribution in [3.05, 3.63) is 83.2 Å². The van der Waals surface area contributed by atoms with Gasteiger partial charge in [0.2, 0.25) is 0 Å². The highest BCUT2D eigenvalue weighted by atomic mass is 16.4. The molecule has 228 valence electrons. The summed E-state index contributed by atoms with van der Waals surface area (Å²) >= 11 is 0. The van der Waals surface area contributed by atoms with Gasteiger partial charge in [0.05, 0.1) is 17.4 Å². The molecule has 0 bridgehead atoms. The van der Waals surface area contributed by atoms with E-state index in [0.717, 1.165) is 81.1 Å². The van der Waals surface area contributed by atoms with E-state index in [-0.39, 0.29) is 5.54 Å². The third-order valence-electron chi connectivity index (χ3n) is 9.68. The first-order chi connectivity index (χ1) is 20.8. The number of hydrogen-bond acceptors (Lipinski definition) is 2. The van der Waals surface area contributed by atoms with Gasteiger partial charge in [-0.3, -0.25) is 4.98 Å². The van der Waals surface area contributed by atoms with Crippen molar-refractivity contribution in [2.24, 2.45) is 5.92 Å². The predicted molar refractivity (Wildman–Crippen MR) is 178 cm³/mol.